The van der Waals surface area contributed by atoms with Crippen molar-refractivity contribution in [2.45, 2.75) is 12.6 Å². The van der Waals surface area contributed by atoms with E-state index in [1.807, 2.05) is 42.5 Å². The van der Waals surface area contributed by atoms with Gasteiger partial charge in [0.2, 0.25) is 0 Å². The molecule has 1 unspecified atom stereocenters. The highest BCUT2D eigenvalue weighted by molar-refractivity contribution is 6.00. The predicted molar refractivity (Wildman–Crippen MR) is 113 cm³/mol. The van der Waals surface area contributed by atoms with Gasteiger partial charge in [0.25, 0.3) is 5.91 Å². The minimum atomic E-state index is -0.470. The molecule has 1 aliphatic rings. The van der Waals surface area contributed by atoms with Crippen LogP contribution in [-0.2, 0) is 6.54 Å². The average Bonchev–Trinajstić information content (AvgIpc) is 3.34. The molecule has 0 aliphatic carbocycles. The van der Waals surface area contributed by atoms with Gasteiger partial charge in [0.15, 0.2) is 0 Å². The summed E-state index contributed by atoms with van der Waals surface area (Å²) in [6.45, 7) is 0.368. The van der Waals surface area contributed by atoms with Gasteiger partial charge in [-0.2, -0.15) is 5.10 Å². The van der Waals surface area contributed by atoms with Crippen molar-refractivity contribution in [3.63, 3.8) is 0 Å². The van der Waals surface area contributed by atoms with Crippen molar-refractivity contribution in [3.8, 4) is 17.0 Å². The van der Waals surface area contributed by atoms with E-state index in [0.29, 0.717) is 23.5 Å². The van der Waals surface area contributed by atoms with Crippen LogP contribution in [0.5, 0.6) is 5.75 Å². The maximum atomic E-state index is 14.1. The molecule has 1 N–H and O–H groups in total. The molecule has 0 saturated heterocycles. The Morgan fingerprint density at radius 3 is 2.58 bits per heavy atom. The summed E-state index contributed by atoms with van der Waals surface area (Å²) in [5, 5.41) is 7.35. The van der Waals surface area contributed by atoms with Crippen molar-refractivity contribution in [1.82, 2.24) is 20.1 Å². The molecule has 0 radical (unpaired) electrons. The van der Waals surface area contributed by atoms with Gasteiger partial charge in [-0.15, -0.1) is 0 Å². The Labute approximate surface area is 178 Å². The molecule has 7 heteroatoms. The highest BCUT2D eigenvalue weighted by atomic mass is 19.1. The minimum Gasteiger partial charge on any atom is -0.497 e. The summed E-state index contributed by atoms with van der Waals surface area (Å²) in [5.41, 5.74) is 4.31. The van der Waals surface area contributed by atoms with Crippen LogP contribution < -0.4 is 4.74 Å². The van der Waals surface area contributed by atoms with Gasteiger partial charge in [0.05, 0.1) is 18.8 Å². The van der Waals surface area contributed by atoms with E-state index in [4.69, 9.17) is 4.74 Å². The van der Waals surface area contributed by atoms with Crippen LogP contribution in [0.1, 0.15) is 33.2 Å². The number of benzene rings is 2. The zero-order valence-corrected chi connectivity index (χ0v) is 16.7. The molecule has 0 bridgehead atoms. The second-order valence-corrected chi connectivity index (χ2v) is 7.34. The SMILES string of the molecule is COc1ccc(-c2n[nH]c3c2C(c2cccc(F)c2)N(Cc2ccncc2)C3=O)cc1. The van der Waals surface area contributed by atoms with Crippen molar-refractivity contribution < 1.29 is 13.9 Å². The monoisotopic (exact) mass is 414 g/mol. The van der Waals surface area contributed by atoms with Crippen molar-refractivity contribution in [2.75, 3.05) is 7.11 Å². The quantitative estimate of drug-likeness (QED) is 0.527. The number of aromatic nitrogens is 3. The number of fused-ring (bicyclic) bond motifs is 1. The van der Waals surface area contributed by atoms with E-state index in [9.17, 15) is 9.18 Å². The first kappa shape index (κ1) is 19.0. The van der Waals surface area contributed by atoms with Crippen LogP contribution in [0.25, 0.3) is 11.3 Å². The van der Waals surface area contributed by atoms with E-state index in [0.717, 1.165) is 22.4 Å². The second kappa shape index (κ2) is 7.68. The molecule has 5 rings (SSSR count). The average molecular weight is 414 g/mol. The molecular formula is C24H19FN4O2. The summed E-state index contributed by atoms with van der Waals surface area (Å²) in [4.78, 5) is 19.1. The van der Waals surface area contributed by atoms with E-state index in [1.165, 1.54) is 12.1 Å². The van der Waals surface area contributed by atoms with Crippen molar-refractivity contribution in [3.05, 3.63) is 101 Å². The highest BCUT2D eigenvalue weighted by Crippen LogP contribution is 2.43. The smallest absolute Gasteiger partial charge is 0.273 e. The molecule has 1 atom stereocenters. The van der Waals surface area contributed by atoms with Crippen LogP contribution in [0.3, 0.4) is 0 Å². The van der Waals surface area contributed by atoms with Crippen molar-refractivity contribution in [1.29, 1.82) is 0 Å². The fourth-order valence-corrected chi connectivity index (χ4v) is 4.04. The van der Waals surface area contributed by atoms with E-state index in [2.05, 4.69) is 15.2 Å². The number of pyridine rings is 1. The topological polar surface area (TPSA) is 71.1 Å². The van der Waals surface area contributed by atoms with Crippen LogP contribution in [-0.4, -0.2) is 33.1 Å². The number of hydrogen-bond acceptors (Lipinski definition) is 4. The van der Waals surface area contributed by atoms with E-state index >= 15 is 0 Å². The Morgan fingerprint density at radius 1 is 1.10 bits per heavy atom. The van der Waals surface area contributed by atoms with Gasteiger partial charge in [-0.05, 0) is 59.7 Å². The first-order chi connectivity index (χ1) is 15.2. The number of nitrogens with one attached hydrogen (secondary N) is 1. The third kappa shape index (κ3) is 3.34. The number of rotatable bonds is 5. The van der Waals surface area contributed by atoms with Gasteiger partial charge >= 0.3 is 0 Å². The maximum absolute atomic E-state index is 14.1. The third-order valence-corrected chi connectivity index (χ3v) is 5.49. The molecule has 4 aromatic rings. The fraction of sp³-hybridized carbons (Fsp3) is 0.125. The zero-order chi connectivity index (χ0) is 21.4. The Morgan fingerprint density at radius 2 is 1.87 bits per heavy atom. The fourth-order valence-electron chi connectivity index (χ4n) is 4.04. The number of nitrogens with zero attached hydrogens (tertiary/aromatic N) is 3. The van der Waals surface area contributed by atoms with E-state index in [1.54, 1.807) is 30.5 Å². The first-order valence-corrected chi connectivity index (χ1v) is 9.83. The molecule has 31 heavy (non-hydrogen) atoms. The summed E-state index contributed by atoms with van der Waals surface area (Å²) in [7, 11) is 1.61. The molecule has 6 nitrogen and oxygen atoms in total. The summed E-state index contributed by atoms with van der Waals surface area (Å²) in [6, 6.07) is 17.1. The Hall–Kier alpha value is -4.00. The summed E-state index contributed by atoms with van der Waals surface area (Å²) >= 11 is 0. The lowest BCUT2D eigenvalue weighted by atomic mass is 9.96. The first-order valence-electron chi connectivity index (χ1n) is 9.83. The van der Waals surface area contributed by atoms with Crippen LogP contribution in [0.4, 0.5) is 4.39 Å². The Bertz CT molecular complexity index is 1240. The van der Waals surface area contributed by atoms with Crippen molar-refractivity contribution in [2.24, 2.45) is 0 Å². The van der Waals surface area contributed by atoms with E-state index < -0.39 is 6.04 Å². The number of aromatic amines is 1. The normalized spacial score (nSPS) is 15.2. The number of amides is 1. The molecule has 0 fully saturated rings. The summed E-state index contributed by atoms with van der Waals surface area (Å²) in [5.74, 6) is 0.207. The molecule has 2 aromatic heterocycles. The Kier molecular flexibility index (Phi) is 4.71. The van der Waals surface area contributed by atoms with Crippen molar-refractivity contribution >= 4 is 5.91 Å². The van der Waals surface area contributed by atoms with Gasteiger partial charge in [-0.25, -0.2) is 4.39 Å². The molecule has 2 aromatic carbocycles. The van der Waals surface area contributed by atoms with Gasteiger partial charge in [0, 0.05) is 30.1 Å². The molecule has 3 heterocycles. The number of halogens is 1. The lowest BCUT2D eigenvalue weighted by Crippen LogP contribution is -2.29. The largest absolute Gasteiger partial charge is 0.497 e. The van der Waals surface area contributed by atoms with Gasteiger partial charge in [0.1, 0.15) is 17.3 Å². The van der Waals surface area contributed by atoms with Crippen LogP contribution >= 0.6 is 0 Å². The molecular weight excluding hydrogens is 395 g/mol. The van der Waals surface area contributed by atoms with Crippen LogP contribution in [0.2, 0.25) is 0 Å². The second-order valence-electron chi connectivity index (χ2n) is 7.34. The Balaban J connectivity index is 1.64. The molecule has 0 spiro atoms. The highest BCUT2D eigenvalue weighted by Gasteiger charge is 2.42. The van der Waals surface area contributed by atoms with E-state index in [-0.39, 0.29) is 11.7 Å². The number of methoxy groups -OCH3 is 1. The van der Waals surface area contributed by atoms with Gasteiger partial charge in [-0.3, -0.25) is 14.9 Å². The van der Waals surface area contributed by atoms with Gasteiger partial charge < -0.3 is 9.64 Å². The lowest BCUT2D eigenvalue weighted by molar-refractivity contribution is 0.0729. The maximum Gasteiger partial charge on any atom is 0.273 e. The summed E-state index contributed by atoms with van der Waals surface area (Å²) < 4.78 is 19.4. The van der Waals surface area contributed by atoms with Crippen LogP contribution in [0.15, 0.2) is 73.1 Å². The van der Waals surface area contributed by atoms with Crippen LogP contribution in [0, 0.1) is 5.82 Å². The number of carbonyl (C=O) groups is 1. The molecule has 1 amide bonds. The lowest BCUT2D eigenvalue weighted by Gasteiger charge is -2.26. The number of H-pyrrole nitrogens is 1. The predicted octanol–water partition coefficient (Wildman–Crippen LogP) is 4.36. The number of carbonyl (C=O) groups excluding carboxylic acids is 1. The number of hydrogen-bond donors (Lipinski definition) is 1. The molecule has 0 saturated carbocycles. The zero-order valence-electron chi connectivity index (χ0n) is 16.7. The molecule has 154 valence electrons. The molecule has 1 aliphatic heterocycles. The summed E-state index contributed by atoms with van der Waals surface area (Å²) in [6.07, 6.45) is 3.38. The number of ether oxygens (including phenoxy) is 1. The third-order valence-electron chi connectivity index (χ3n) is 5.49. The standard InChI is InChI=1S/C24H19FN4O2/c1-31-19-7-5-16(6-8-19)21-20-22(28-27-21)24(30)29(14-15-9-11-26-12-10-15)23(20)17-3-2-4-18(25)13-17/h2-13,23H,14H2,1H3,(H,27,28). The minimum absolute atomic E-state index is 0.173. The van der Waals surface area contributed by atoms with Gasteiger partial charge in [-0.1, -0.05) is 12.1 Å².